The molecule has 0 unspecified atom stereocenters. The second kappa shape index (κ2) is 4.27. The molecule has 0 spiro atoms. The van der Waals surface area contributed by atoms with Crippen molar-refractivity contribution in [3.05, 3.63) is 29.3 Å². The van der Waals surface area contributed by atoms with Gasteiger partial charge in [-0.1, -0.05) is 26.8 Å². The Kier molecular flexibility index (Phi) is 3.45. The number of carboxylic acid groups (broad SMARTS) is 1. The molecule has 1 N–H and O–H groups in total. The summed E-state index contributed by atoms with van der Waals surface area (Å²) < 4.78 is 0.0258. The maximum absolute atomic E-state index is 11.0. The summed E-state index contributed by atoms with van der Waals surface area (Å²) in [6.45, 7) is 8.20. The van der Waals surface area contributed by atoms with Gasteiger partial charge in [0.25, 0.3) is 0 Å². The minimum absolute atomic E-state index is 0.0258. The molecule has 0 amide bonds. The van der Waals surface area contributed by atoms with Crippen LogP contribution in [0.5, 0.6) is 0 Å². The number of hydrogen-bond donors (Lipinski definition) is 1. The smallest absolute Gasteiger partial charge is 0.336 e. The Morgan fingerprint density at radius 3 is 2.40 bits per heavy atom. The normalized spacial score (nSPS) is 11.5. The van der Waals surface area contributed by atoms with E-state index in [1.165, 1.54) is 0 Å². The quantitative estimate of drug-likeness (QED) is 0.780. The van der Waals surface area contributed by atoms with Crippen molar-refractivity contribution in [2.24, 2.45) is 0 Å². The number of hydrogen-bond acceptors (Lipinski definition) is 2. The van der Waals surface area contributed by atoms with E-state index in [1.807, 2.05) is 19.1 Å². The number of aromatic carboxylic acids is 1. The molecule has 82 valence electrons. The predicted molar refractivity (Wildman–Crippen MR) is 63.7 cm³/mol. The van der Waals surface area contributed by atoms with E-state index in [4.69, 9.17) is 5.11 Å². The maximum Gasteiger partial charge on any atom is 0.336 e. The number of carbonyl (C=O) groups is 1. The molecule has 3 heteroatoms. The van der Waals surface area contributed by atoms with Gasteiger partial charge in [0, 0.05) is 9.64 Å². The first-order chi connectivity index (χ1) is 6.79. The summed E-state index contributed by atoms with van der Waals surface area (Å²) in [5.41, 5.74) is 1.48. The fraction of sp³-hybridized carbons (Fsp3) is 0.417. The Hall–Kier alpha value is -0.960. The molecular formula is C12H16O2S. The van der Waals surface area contributed by atoms with Crippen molar-refractivity contribution in [2.75, 3.05) is 0 Å². The van der Waals surface area contributed by atoms with Crippen molar-refractivity contribution in [3.8, 4) is 0 Å². The average molecular weight is 224 g/mol. The van der Waals surface area contributed by atoms with Crippen LogP contribution in [0.1, 0.15) is 36.7 Å². The summed E-state index contributed by atoms with van der Waals surface area (Å²) in [6.07, 6.45) is 0. The molecule has 1 rings (SSSR count). The van der Waals surface area contributed by atoms with E-state index in [1.54, 1.807) is 17.8 Å². The van der Waals surface area contributed by atoms with E-state index in [0.29, 0.717) is 5.56 Å². The van der Waals surface area contributed by atoms with E-state index >= 15 is 0 Å². The standard InChI is InChI=1S/C12H16O2S/c1-8-5-6-9(11(13)14)10(7-8)15-12(2,3)4/h5-7H,1-4H3,(H,13,14). The summed E-state index contributed by atoms with van der Waals surface area (Å²) in [7, 11) is 0. The zero-order valence-corrected chi connectivity index (χ0v) is 10.3. The summed E-state index contributed by atoms with van der Waals surface area (Å²) in [5, 5.41) is 9.04. The summed E-state index contributed by atoms with van der Waals surface area (Å²) in [6, 6.07) is 5.43. The van der Waals surface area contributed by atoms with E-state index in [9.17, 15) is 4.79 Å². The Morgan fingerprint density at radius 1 is 1.33 bits per heavy atom. The van der Waals surface area contributed by atoms with Gasteiger partial charge in [-0.15, -0.1) is 11.8 Å². The number of benzene rings is 1. The molecule has 0 aromatic heterocycles. The lowest BCUT2D eigenvalue weighted by molar-refractivity contribution is 0.0693. The number of carboxylic acids is 1. The molecule has 2 nitrogen and oxygen atoms in total. The topological polar surface area (TPSA) is 37.3 Å². The van der Waals surface area contributed by atoms with Crippen molar-refractivity contribution >= 4 is 17.7 Å². The molecule has 1 aromatic rings. The third-order valence-electron chi connectivity index (χ3n) is 1.78. The SMILES string of the molecule is Cc1ccc(C(=O)O)c(SC(C)(C)C)c1. The lowest BCUT2D eigenvalue weighted by Gasteiger charge is -2.19. The summed E-state index contributed by atoms with van der Waals surface area (Å²) in [5.74, 6) is -0.859. The van der Waals surface area contributed by atoms with Crippen molar-refractivity contribution in [1.82, 2.24) is 0 Å². The number of rotatable bonds is 2. The van der Waals surface area contributed by atoms with Gasteiger partial charge in [0.2, 0.25) is 0 Å². The van der Waals surface area contributed by atoms with Gasteiger partial charge in [-0.3, -0.25) is 0 Å². The molecule has 0 atom stereocenters. The van der Waals surface area contributed by atoms with Crippen LogP contribution in [0.3, 0.4) is 0 Å². The molecule has 0 radical (unpaired) electrons. The highest BCUT2D eigenvalue weighted by Gasteiger charge is 2.17. The van der Waals surface area contributed by atoms with E-state index in [-0.39, 0.29) is 4.75 Å². The van der Waals surface area contributed by atoms with Crippen LogP contribution in [0, 0.1) is 6.92 Å². The minimum Gasteiger partial charge on any atom is -0.478 e. The highest BCUT2D eigenvalue weighted by atomic mass is 32.2. The molecule has 0 aliphatic heterocycles. The molecule has 0 saturated carbocycles. The minimum atomic E-state index is -0.859. The largest absolute Gasteiger partial charge is 0.478 e. The van der Waals surface area contributed by atoms with Crippen molar-refractivity contribution in [1.29, 1.82) is 0 Å². The third-order valence-corrected chi connectivity index (χ3v) is 2.95. The Balaban J connectivity index is 3.13. The first-order valence-corrected chi connectivity index (χ1v) is 5.64. The van der Waals surface area contributed by atoms with Crippen LogP contribution in [0.25, 0.3) is 0 Å². The van der Waals surface area contributed by atoms with Crippen LogP contribution in [-0.4, -0.2) is 15.8 Å². The van der Waals surface area contributed by atoms with Gasteiger partial charge < -0.3 is 5.11 Å². The molecular weight excluding hydrogens is 208 g/mol. The van der Waals surface area contributed by atoms with Crippen molar-refractivity contribution < 1.29 is 9.90 Å². The summed E-state index contributed by atoms with van der Waals surface area (Å²) >= 11 is 1.59. The van der Waals surface area contributed by atoms with Gasteiger partial charge in [-0.2, -0.15) is 0 Å². The van der Waals surface area contributed by atoms with Crippen molar-refractivity contribution in [3.63, 3.8) is 0 Å². The van der Waals surface area contributed by atoms with E-state index in [0.717, 1.165) is 10.5 Å². The molecule has 0 aliphatic carbocycles. The highest BCUT2D eigenvalue weighted by molar-refractivity contribution is 8.00. The fourth-order valence-electron chi connectivity index (χ4n) is 1.22. The molecule has 1 aromatic carbocycles. The van der Waals surface area contributed by atoms with Gasteiger partial charge in [0.15, 0.2) is 0 Å². The first kappa shape index (κ1) is 12.1. The van der Waals surface area contributed by atoms with E-state index < -0.39 is 5.97 Å². The van der Waals surface area contributed by atoms with Gasteiger partial charge in [0.05, 0.1) is 5.56 Å². The highest BCUT2D eigenvalue weighted by Crippen LogP contribution is 2.34. The van der Waals surface area contributed by atoms with Crippen LogP contribution in [0.15, 0.2) is 23.1 Å². The maximum atomic E-state index is 11.0. The van der Waals surface area contributed by atoms with Gasteiger partial charge >= 0.3 is 5.97 Å². The second-order valence-corrected chi connectivity index (χ2v) is 6.39. The Morgan fingerprint density at radius 2 is 1.93 bits per heavy atom. The average Bonchev–Trinajstić information content (AvgIpc) is 1.99. The zero-order chi connectivity index (χ0) is 11.6. The molecule has 0 aliphatic rings. The molecule has 15 heavy (non-hydrogen) atoms. The van der Waals surface area contributed by atoms with Crippen LogP contribution >= 0.6 is 11.8 Å². The Labute approximate surface area is 94.7 Å². The zero-order valence-electron chi connectivity index (χ0n) is 9.50. The van der Waals surface area contributed by atoms with Gasteiger partial charge in [-0.25, -0.2) is 4.79 Å². The molecule has 0 fully saturated rings. The van der Waals surface area contributed by atoms with E-state index in [2.05, 4.69) is 20.8 Å². The third kappa shape index (κ3) is 3.59. The molecule has 0 bridgehead atoms. The number of thioether (sulfide) groups is 1. The molecule has 0 heterocycles. The Bertz CT molecular complexity index is 378. The molecule has 0 saturated heterocycles. The summed E-state index contributed by atoms with van der Waals surface area (Å²) in [4.78, 5) is 11.8. The van der Waals surface area contributed by atoms with Crippen LogP contribution in [0.2, 0.25) is 0 Å². The second-order valence-electron chi connectivity index (χ2n) is 4.52. The van der Waals surface area contributed by atoms with Gasteiger partial charge in [-0.05, 0) is 24.6 Å². The van der Waals surface area contributed by atoms with Crippen molar-refractivity contribution in [2.45, 2.75) is 37.3 Å². The monoisotopic (exact) mass is 224 g/mol. The first-order valence-electron chi connectivity index (χ1n) is 4.82. The predicted octanol–water partition coefficient (Wildman–Crippen LogP) is 3.58. The fourth-order valence-corrected chi connectivity index (χ4v) is 2.39. The van der Waals surface area contributed by atoms with Crippen LogP contribution in [0.4, 0.5) is 0 Å². The number of aryl methyl sites for hydroxylation is 1. The lowest BCUT2D eigenvalue weighted by atomic mass is 10.1. The van der Waals surface area contributed by atoms with Crippen LogP contribution < -0.4 is 0 Å². The van der Waals surface area contributed by atoms with Crippen LogP contribution in [-0.2, 0) is 0 Å². The van der Waals surface area contributed by atoms with Gasteiger partial charge in [0.1, 0.15) is 0 Å². The lowest BCUT2D eigenvalue weighted by Crippen LogP contribution is -2.09.